The van der Waals surface area contributed by atoms with Gasteiger partial charge in [-0.05, 0) is 59.8 Å². The summed E-state index contributed by atoms with van der Waals surface area (Å²) in [5.41, 5.74) is 1.90. The van der Waals surface area contributed by atoms with Crippen LogP contribution in [0.2, 0.25) is 0 Å². The smallest absolute Gasteiger partial charge is 0.255 e. The molecule has 0 saturated carbocycles. The number of nitrogens with one attached hydrogen (secondary N) is 1. The second-order valence-electron chi connectivity index (χ2n) is 5.61. The molecule has 2 heterocycles. The number of rotatable bonds is 1. The number of carbonyl (C=O) groups is 1. The molecule has 1 aromatic rings. The Morgan fingerprint density at radius 2 is 2.26 bits per heavy atom. The topological polar surface area (TPSA) is 32.3 Å². The Morgan fingerprint density at radius 1 is 1.42 bits per heavy atom. The molecular formula is C15H19BrN2O. The van der Waals surface area contributed by atoms with Crippen molar-refractivity contribution in [3.8, 4) is 0 Å². The molecule has 0 bridgehead atoms. The van der Waals surface area contributed by atoms with Crippen LogP contribution in [0.3, 0.4) is 0 Å². The van der Waals surface area contributed by atoms with E-state index in [4.69, 9.17) is 0 Å². The maximum Gasteiger partial charge on any atom is 0.255 e. The second kappa shape index (κ2) is 5.25. The largest absolute Gasteiger partial charge is 0.337 e. The van der Waals surface area contributed by atoms with Gasteiger partial charge in [0.1, 0.15) is 0 Å². The molecule has 19 heavy (non-hydrogen) atoms. The molecule has 0 spiro atoms. The summed E-state index contributed by atoms with van der Waals surface area (Å²) in [5, 5.41) is 3.54. The van der Waals surface area contributed by atoms with Gasteiger partial charge >= 0.3 is 0 Å². The summed E-state index contributed by atoms with van der Waals surface area (Å²) in [4.78, 5) is 14.6. The van der Waals surface area contributed by atoms with Gasteiger partial charge in [-0.25, -0.2) is 0 Å². The minimum absolute atomic E-state index is 0.159. The highest BCUT2D eigenvalue weighted by Crippen LogP contribution is 2.28. The van der Waals surface area contributed by atoms with Crippen LogP contribution in [0.1, 0.15) is 28.8 Å². The van der Waals surface area contributed by atoms with Crippen molar-refractivity contribution in [2.24, 2.45) is 5.92 Å². The van der Waals surface area contributed by atoms with Crippen LogP contribution in [0.15, 0.2) is 22.7 Å². The Morgan fingerprint density at radius 3 is 3.05 bits per heavy atom. The molecule has 0 aromatic heterocycles. The zero-order chi connectivity index (χ0) is 13.4. The zero-order valence-corrected chi connectivity index (χ0v) is 12.7. The van der Waals surface area contributed by atoms with Crippen LogP contribution in [0, 0.1) is 12.8 Å². The third-order valence-electron chi connectivity index (χ3n) is 4.31. The van der Waals surface area contributed by atoms with Crippen LogP contribution in [-0.2, 0) is 0 Å². The maximum absolute atomic E-state index is 12.6. The van der Waals surface area contributed by atoms with E-state index in [1.807, 2.05) is 30.0 Å². The lowest BCUT2D eigenvalue weighted by atomic mass is 9.94. The molecule has 1 aromatic carbocycles. The van der Waals surface area contributed by atoms with Crippen molar-refractivity contribution in [1.82, 2.24) is 10.2 Å². The van der Waals surface area contributed by atoms with Crippen LogP contribution in [-0.4, -0.2) is 36.5 Å². The van der Waals surface area contributed by atoms with Gasteiger partial charge < -0.3 is 10.2 Å². The number of halogens is 1. The monoisotopic (exact) mass is 322 g/mol. The van der Waals surface area contributed by atoms with Gasteiger partial charge in [-0.2, -0.15) is 0 Å². The van der Waals surface area contributed by atoms with Crippen LogP contribution in [0.25, 0.3) is 0 Å². The molecule has 4 heteroatoms. The Balaban J connectivity index is 1.79. The van der Waals surface area contributed by atoms with E-state index >= 15 is 0 Å². The van der Waals surface area contributed by atoms with E-state index in [2.05, 4.69) is 21.2 Å². The number of piperidine rings is 1. The van der Waals surface area contributed by atoms with Crippen molar-refractivity contribution in [3.63, 3.8) is 0 Å². The SMILES string of the molecule is Cc1cccc(C(=O)N2C[C@@H]3CCCN[C@@H]3C2)c1Br. The summed E-state index contributed by atoms with van der Waals surface area (Å²) in [7, 11) is 0. The third-order valence-corrected chi connectivity index (χ3v) is 5.36. The highest BCUT2D eigenvalue weighted by Gasteiger charge is 2.36. The number of carbonyl (C=O) groups excluding carboxylic acids is 1. The minimum atomic E-state index is 0.159. The van der Waals surface area contributed by atoms with Gasteiger partial charge in [0.25, 0.3) is 5.91 Å². The molecule has 0 radical (unpaired) electrons. The molecular weight excluding hydrogens is 304 g/mol. The maximum atomic E-state index is 12.6. The van der Waals surface area contributed by atoms with Gasteiger partial charge in [0, 0.05) is 23.6 Å². The van der Waals surface area contributed by atoms with Crippen molar-refractivity contribution in [2.45, 2.75) is 25.8 Å². The average molecular weight is 323 g/mol. The van der Waals surface area contributed by atoms with Crippen LogP contribution < -0.4 is 5.32 Å². The number of likely N-dealkylation sites (tertiary alicyclic amines) is 1. The Hall–Kier alpha value is -0.870. The molecule has 2 aliphatic heterocycles. The third kappa shape index (κ3) is 2.43. The summed E-state index contributed by atoms with van der Waals surface area (Å²) < 4.78 is 0.933. The highest BCUT2D eigenvalue weighted by molar-refractivity contribution is 9.10. The Kier molecular flexibility index (Phi) is 3.63. The van der Waals surface area contributed by atoms with Crippen molar-refractivity contribution in [2.75, 3.05) is 19.6 Å². The molecule has 2 aliphatic rings. The number of hydrogen-bond acceptors (Lipinski definition) is 2. The van der Waals surface area contributed by atoms with E-state index in [1.165, 1.54) is 12.8 Å². The normalized spacial score (nSPS) is 26.3. The first-order valence-electron chi connectivity index (χ1n) is 6.94. The summed E-state index contributed by atoms with van der Waals surface area (Å²) in [5.74, 6) is 0.799. The number of nitrogens with zero attached hydrogens (tertiary/aromatic N) is 1. The van der Waals surface area contributed by atoms with Crippen molar-refractivity contribution < 1.29 is 4.79 Å². The van der Waals surface area contributed by atoms with E-state index in [0.717, 1.165) is 35.2 Å². The van der Waals surface area contributed by atoms with Crippen LogP contribution >= 0.6 is 15.9 Å². The van der Waals surface area contributed by atoms with Gasteiger partial charge in [0.15, 0.2) is 0 Å². The van der Waals surface area contributed by atoms with Gasteiger partial charge in [0.05, 0.1) is 5.56 Å². The van der Waals surface area contributed by atoms with Crippen molar-refractivity contribution >= 4 is 21.8 Å². The molecule has 2 saturated heterocycles. The first-order chi connectivity index (χ1) is 9.16. The molecule has 102 valence electrons. The van der Waals surface area contributed by atoms with Gasteiger partial charge in [0.2, 0.25) is 0 Å². The van der Waals surface area contributed by atoms with E-state index in [-0.39, 0.29) is 5.91 Å². The Labute approximate surface area is 122 Å². The minimum Gasteiger partial charge on any atom is -0.337 e. The molecule has 2 atom stereocenters. The highest BCUT2D eigenvalue weighted by atomic mass is 79.9. The van der Waals surface area contributed by atoms with Gasteiger partial charge in [-0.15, -0.1) is 0 Å². The molecule has 0 aliphatic carbocycles. The fraction of sp³-hybridized carbons (Fsp3) is 0.533. The van der Waals surface area contributed by atoms with Crippen molar-refractivity contribution in [1.29, 1.82) is 0 Å². The summed E-state index contributed by atoms with van der Waals surface area (Å²) >= 11 is 3.54. The molecule has 1 N–H and O–H groups in total. The molecule has 1 amide bonds. The van der Waals surface area contributed by atoms with Crippen molar-refractivity contribution in [3.05, 3.63) is 33.8 Å². The lowest BCUT2D eigenvalue weighted by Gasteiger charge is -2.24. The summed E-state index contributed by atoms with van der Waals surface area (Å²) in [6, 6.07) is 6.39. The predicted octanol–water partition coefficient (Wildman–Crippen LogP) is 2.58. The zero-order valence-electron chi connectivity index (χ0n) is 11.2. The van der Waals surface area contributed by atoms with E-state index in [0.29, 0.717) is 12.0 Å². The number of amides is 1. The quantitative estimate of drug-likeness (QED) is 0.862. The first kappa shape index (κ1) is 13.1. The molecule has 3 rings (SSSR count). The number of hydrogen-bond donors (Lipinski definition) is 1. The molecule has 2 fully saturated rings. The Bertz CT molecular complexity index is 489. The number of aryl methyl sites for hydroxylation is 1. The average Bonchev–Trinajstić information content (AvgIpc) is 2.85. The lowest BCUT2D eigenvalue weighted by Crippen LogP contribution is -2.41. The summed E-state index contributed by atoms with van der Waals surface area (Å²) in [6.07, 6.45) is 2.48. The van der Waals surface area contributed by atoms with Gasteiger partial charge in [-0.3, -0.25) is 4.79 Å². The first-order valence-corrected chi connectivity index (χ1v) is 7.74. The van der Waals surface area contributed by atoms with Gasteiger partial charge in [-0.1, -0.05) is 12.1 Å². The second-order valence-corrected chi connectivity index (χ2v) is 6.40. The summed E-state index contributed by atoms with van der Waals surface area (Å²) in [6.45, 7) is 4.87. The predicted molar refractivity (Wildman–Crippen MR) is 79.3 cm³/mol. The fourth-order valence-electron chi connectivity index (χ4n) is 3.20. The fourth-order valence-corrected chi connectivity index (χ4v) is 3.63. The van der Waals surface area contributed by atoms with Crippen LogP contribution in [0.4, 0.5) is 0 Å². The van der Waals surface area contributed by atoms with E-state index < -0.39 is 0 Å². The van der Waals surface area contributed by atoms with Crippen LogP contribution in [0.5, 0.6) is 0 Å². The number of benzene rings is 1. The standard InChI is InChI=1S/C15H19BrN2O/c1-10-4-2-6-12(14(10)16)15(19)18-8-11-5-3-7-17-13(11)9-18/h2,4,6,11,13,17H,3,5,7-9H2,1H3/t11-,13+/m0/s1. The van der Waals surface area contributed by atoms with E-state index in [1.54, 1.807) is 0 Å². The number of fused-ring (bicyclic) bond motifs is 1. The molecule has 0 unspecified atom stereocenters. The molecule has 3 nitrogen and oxygen atoms in total. The van der Waals surface area contributed by atoms with E-state index in [9.17, 15) is 4.79 Å². The lowest BCUT2D eigenvalue weighted by molar-refractivity contribution is 0.0784.